The van der Waals surface area contributed by atoms with Gasteiger partial charge in [0.15, 0.2) is 0 Å². The first kappa shape index (κ1) is 30.8. The second-order valence-corrected chi connectivity index (χ2v) is 12.1. The quantitative estimate of drug-likeness (QED) is 0.388. The van der Waals surface area contributed by atoms with Gasteiger partial charge in [-0.05, 0) is 71.2 Å². The fourth-order valence-corrected chi connectivity index (χ4v) is 6.95. The zero-order valence-electron chi connectivity index (χ0n) is 25.0. The number of likely N-dealkylation sites (tertiary alicyclic amines) is 1. The average molecular weight is 568 g/mol. The molecule has 9 nitrogen and oxygen atoms in total. The number of benzene rings is 1. The van der Waals surface area contributed by atoms with Crippen molar-refractivity contribution in [1.29, 1.82) is 0 Å². The number of hydrogen-bond acceptors (Lipinski definition) is 6. The fraction of sp³-hybridized carbons (Fsp3) is 0.594. The van der Waals surface area contributed by atoms with Crippen molar-refractivity contribution in [3.63, 3.8) is 0 Å². The maximum atomic E-state index is 14.4. The molecule has 2 unspecified atom stereocenters. The summed E-state index contributed by atoms with van der Waals surface area (Å²) in [6.07, 6.45) is 4.36. The van der Waals surface area contributed by atoms with Gasteiger partial charge in [-0.1, -0.05) is 19.1 Å². The summed E-state index contributed by atoms with van der Waals surface area (Å²) in [7, 11) is 0. The van der Waals surface area contributed by atoms with Crippen LogP contribution in [0, 0.1) is 11.8 Å². The first-order chi connectivity index (χ1) is 19.5. The summed E-state index contributed by atoms with van der Waals surface area (Å²) in [5.41, 5.74) is -1.03. The van der Waals surface area contributed by atoms with Crippen LogP contribution in [-0.2, 0) is 19.1 Å². The number of aliphatic hydroxyl groups excluding tert-OH is 1. The lowest BCUT2D eigenvalue weighted by atomic mass is 9.70. The molecular formula is C32H45N3O6. The van der Waals surface area contributed by atoms with Gasteiger partial charge in [0.1, 0.15) is 17.4 Å². The molecule has 9 heteroatoms. The number of carbonyl (C=O) groups excluding carboxylic acids is 3. The summed E-state index contributed by atoms with van der Waals surface area (Å²) >= 11 is 0. The van der Waals surface area contributed by atoms with Crippen molar-refractivity contribution in [2.75, 3.05) is 31.2 Å². The Kier molecular flexibility index (Phi) is 8.99. The van der Waals surface area contributed by atoms with Crippen LogP contribution in [0.5, 0.6) is 5.75 Å². The Morgan fingerprint density at radius 3 is 2.37 bits per heavy atom. The molecule has 2 bridgehead atoms. The van der Waals surface area contributed by atoms with E-state index in [0.717, 1.165) is 0 Å². The zero-order chi connectivity index (χ0) is 30.1. The van der Waals surface area contributed by atoms with E-state index < -0.39 is 41.2 Å². The summed E-state index contributed by atoms with van der Waals surface area (Å²) in [4.78, 5) is 48.0. The third-order valence-corrected chi connectivity index (χ3v) is 8.76. The van der Waals surface area contributed by atoms with Gasteiger partial charge in [-0.2, -0.15) is 0 Å². The number of fused-ring (bicyclic) bond motifs is 1. The molecule has 1 aromatic carbocycles. The zero-order valence-corrected chi connectivity index (χ0v) is 25.0. The largest absolute Gasteiger partial charge is 0.494 e. The lowest BCUT2D eigenvalue weighted by molar-refractivity contribution is -0.154. The standard InChI is InChI=1S/C32H45N3O6/c1-8-18-33(22-12-14-23(15-13-22)40-11-4)28(37)25-24-16-17-32(41-24)26(25)29(38)35(21(10-3)20-36)27(32)30(39)34(19-9-2)31(5,6)7/h8-9,12-15,21,24-27,36H,1-2,10-11,16-20H2,3-7H3/t21-,24-,25+,26-,27?,32?/m0/s1. The molecule has 3 aliphatic rings. The van der Waals surface area contributed by atoms with Crippen molar-refractivity contribution in [2.45, 2.75) is 83.2 Å². The molecule has 0 aromatic heterocycles. The highest BCUT2D eigenvalue weighted by molar-refractivity contribution is 6.03. The Morgan fingerprint density at radius 2 is 1.83 bits per heavy atom. The summed E-state index contributed by atoms with van der Waals surface area (Å²) in [5, 5.41) is 10.3. The number of hydrogen-bond donors (Lipinski definition) is 1. The van der Waals surface area contributed by atoms with Gasteiger partial charge in [0.05, 0.1) is 37.2 Å². The van der Waals surface area contributed by atoms with Gasteiger partial charge < -0.3 is 29.3 Å². The van der Waals surface area contributed by atoms with Crippen molar-refractivity contribution >= 4 is 23.4 Å². The van der Waals surface area contributed by atoms with E-state index in [4.69, 9.17) is 9.47 Å². The molecule has 41 heavy (non-hydrogen) atoms. The molecule has 0 saturated carbocycles. The third kappa shape index (κ3) is 5.18. The Hall–Kier alpha value is -3.17. The molecule has 0 radical (unpaired) electrons. The average Bonchev–Trinajstić information content (AvgIpc) is 3.58. The first-order valence-electron chi connectivity index (χ1n) is 14.7. The van der Waals surface area contributed by atoms with Crippen molar-refractivity contribution in [2.24, 2.45) is 11.8 Å². The van der Waals surface area contributed by atoms with Gasteiger partial charge in [0.2, 0.25) is 17.7 Å². The summed E-state index contributed by atoms with van der Waals surface area (Å²) in [6.45, 7) is 18.1. The number of aliphatic hydroxyl groups is 1. The predicted octanol–water partition coefficient (Wildman–Crippen LogP) is 3.56. The van der Waals surface area contributed by atoms with Crippen LogP contribution in [-0.4, -0.2) is 88.3 Å². The highest BCUT2D eigenvalue weighted by Gasteiger charge is 2.75. The van der Waals surface area contributed by atoms with Gasteiger partial charge in [-0.3, -0.25) is 14.4 Å². The van der Waals surface area contributed by atoms with Crippen LogP contribution in [0.15, 0.2) is 49.6 Å². The van der Waals surface area contributed by atoms with Crippen LogP contribution in [0.3, 0.4) is 0 Å². The maximum Gasteiger partial charge on any atom is 0.249 e. The highest BCUT2D eigenvalue weighted by Crippen LogP contribution is 2.59. The number of anilines is 1. The summed E-state index contributed by atoms with van der Waals surface area (Å²) in [6, 6.07) is 5.74. The van der Waals surface area contributed by atoms with E-state index in [1.54, 1.807) is 22.0 Å². The van der Waals surface area contributed by atoms with Crippen LogP contribution in [0.25, 0.3) is 0 Å². The molecule has 3 fully saturated rings. The maximum absolute atomic E-state index is 14.4. The van der Waals surface area contributed by atoms with Gasteiger partial charge >= 0.3 is 0 Å². The molecule has 3 amide bonds. The van der Waals surface area contributed by atoms with E-state index >= 15 is 0 Å². The molecular weight excluding hydrogens is 522 g/mol. The van der Waals surface area contributed by atoms with E-state index in [1.807, 2.05) is 58.9 Å². The van der Waals surface area contributed by atoms with E-state index in [2.05, 4.69) is 13.2 Å². The van der Waals surface area contributed by atoms with Crippen molar-refractivity contribution in [3.8, 4) is 5.75 Å². The summed E-state index contributed by atoms with van der Waals surface area (Å²) in [5.74, 6) is -1.68. The Morgan fingerprint density at radius 1 is 1.17 bits per heavy atom. The minimum absolute atomic E-state index is 0.233. The highest BCUT2D eigenvalue weighted by atomic mass is 16.5. The lowest BCUT2D eigenvalue weighted by Gasteiger charge is -2.43. The molecule has 0 aliphatic carbocycles. The molecule has 3 heterocycles. The van der Waals surface area contributed by atoms with Crippen molar-refractivity contribution in [3.05, 3.63) is 49.6 Å². The Balaban J connectivity index is 1.77. The smallest absolute Gasteiger partial charge is 0.249 e. The summed E-state index contributed by atoms with van der Waals surface area (Å²) < 4.78 is 12.2. The molecule has 4 rings (SSSR count). The topological polar surface area (TPSA) is 99.6 Å². The van der Waals surface area contributed by atoms with Crippen molar-refractivity contribution in [1.82, 2.24) is 9.80 Å². The minimum atomic E-state index is -1.15. The van der Waals surface area contributed by atoms with E-state index in [9.17, 15) is 19.5 Å². The molecule has 1 aromatic rings. The first-order valence-corrected chi connectivity index (χ1v) is 14.7. The molecule has 224 valence electrons. The van der Waals surface area contributed by atoms with Crippen LogP contribution in [0.1, 0.15) is 53.9 Å². The van der Waals surface area contributed by atoms with Crippen LogP contribution in [0.2, 0.25) is 0 Å². The Bertz CT molecular complexity index is 1160. The number of nitrogens with zero attached hydrogens (tertiary/aromatic N) is 3. The number of amides is 3. The van der Waals surface area contributed by atoms with Gasteiger partial charge in [0.25, 0.3) is 0 Å². The number of carbonyl (C=O) groups is 3. The normalized spacial score (nSPS) is 27.4. The second kappa shape index (κ2) is 12.0. The molecule has 1 spiro atoms. The SMILES string of the molecule is C=CCN(C(=O)[C@@H]1[C@@H]2CCC3(O2)C(C(=O)N(CC=C)C(C)(C)C)N([C@@H](CC)CO)C(=O)[C@H]13)c1ccc(OCC)cc1. The van der Waals surface area contributed by atoms with E-state index in [1.165, 1.54) is 4.90 Å². The predicted molar refractivity (Wildman–Crippen MR) is 157 cm³/mol. The number of ether oxygens (including phenoxy) is 2. The molecule has 3 saturated heterocycles. The second-order valence-electron chi connectivity index (χ2n) is 12.1. The molecule has 3 aliphatic heterocycles. The van der Waals surface area contributed by atoms with E-state index in [0.29, 0.717) is 43.9 Å². The number of rotatable bonds is 12. The van der Waals surface area contributed by atoms with E-state index in [-0.39, 0.29) is 30.9 Å². The van der Waals surface area contributed by atoms with Crippen LogP contribution in [0.4, 0.5) is 5.69 Å². The Labute approximate surface area is 243 Å². The van der Waals surface area contributed by atoms with Crippen LogP contribution >= 0.6 is 0 Å². The van der Waals surface area contributed by atoms with Gasteiger partial charge in [0, 0.05) is 24.3 Å². The van der Waals surface area contributed by atoms with Gasteiger partial charge in [-0.25, -0.2) is 0 Å². The lowest BCUT2D eigenvalue weighted by Crippen LogP contribution is -2.61. The monoisotopic (exact) mass is 567 g/mol. The minimum Gasteiger partial charge on any atom is -0.494 e. The fourth-order valence-electron chi connectivity index (χ4n) is 6.95. The van der Waals surface area contributed by atoms with Gasteiger partial charge in [-0.15, -0.1) is 13.2 Å². The third-order valence-electron chi connectivity index (χ3n) is 8.76. The molecule has 6 atom stereocenters. The molecule has 1 N–H and O–H groups in total. The van der Waals surface area contributed by atoms with Crippen molar-refractivity contribution < 1.29 is 29.0 Å². The van der Waals surface area contributed by atoms with Crippen LogP contribution < -0.4 is 9.64 Å².